The highest BCUT2D eigenvalue weighted by Gasteiger charge is 2.13. The number of para-hydroxylation sites is 1. The molecule has 1 aliphatic carbocycles. The lowest BCUT2D eigenvalue weighted by molar-refractivity contribution is 0.0695. The summed E-state index contributed by atoms with van der Waals surface area (Å²) in [5.74, 6) is -0.939. The number of hydrogen-bond acceptors (Lipinski definition) is 3. The second kappa shape index (κ2) is 4.81. The molecule has 0 unspecified atom stereocenters. The van der Waals surface area contributed by atoms with E-state index in [2.05, 4.69) is 4.98 Å². The van der Waals surface area contributed by atoms with Gasteiger partial charge >= 0.3 is 5.97 Å². The van der Waals surface area contributed by atoms with Crippen molar-refractivity contribution in [1.82, 2.24) is 4.98 Å². The SMILES string of the molecule is Nc1ccccc1-c1cc(C(=O)O)c2c(n1)=CCCC=2. The first-order chi connectivity index (χ1) is 9.66. The zero-order valence-electron chi connectivity index (χ0n) is 10.8. The van der Waals surface area contributed by atoms with Crippen LogP contribution < -0.4 is 16.3 Å². The van der Waals surface area contributed by atoms with Gasteiger partial charge in [-0.1, -0.05) is 30.4 Å². The molecule has 0 amide bonds. The third kappa shape index (κ3) is 2.05. The first-order valence-corrected chi connectivity index (χ1v) is 6.46. The van der Waals surface area contributed by atoms with Crippen LogP contribution >= 0.6 is 0 Å². The van der Waals surface area contributed by atoms with Crippen LogP contribution in [0.25, 0.3) is 23.4 Å². The van der Waals surface area contributed by atoms with Gasteiger partial charge in [0.15, 0.2) is 0 Å². The average Bonchev–Trinajstić information content (AvgIpc) is 2.46. The van der Waals surface area contributed by atoms with E-state index in [0.29, 0.717) is 16.6 Å². The third-order valence-corrected chi connectivity index (χ3v) is 3.41. The Bertz CT molecular complexity index is 810. The molecule has 0 saturated heterocycles. The van der Waals surface area contributed by atoms with Crippen LogP contribution in [0.3, 0.4) is 0 Å². The number of nitrogen functional groups attached to an aromatic ring is 1. The highest BCUT2D eigenvalue weighted by molar-refractivity contribution is 5.90. The predicted octanol–water partition coefficient (Wildman–Crippen LogP) is 1.38. The molecule has 100 valence electrons. The summed E-state index contributed by atoms with van der Waals surface area (Å²) >= 11 is 0. The van der Waals surface area contributed by atoms with E-state index in [1.54, 1.807) is 12.1 Å². The minimum atomic E-state index is -0.939. The predicted molar refractivity (Wildman–Crippen MR) is 78.5 cm³/mol. The monoisotopic (exact) mass is 266 g/mol. The van der Waals surface area contributed by atoms with E-state index < -0.39 is 5.97 Å². The number of aromatic carboxylic acids is 1. The molecule has 0 saturated carbocycles. The molecule has 0 atom stereocenters. The average molecular weight is 266 g/mol. The molecular formula is C16H14N2O2. The fraction of sp³-hybridized carbons (Fsp3) is 0.125. The van der Waals surface area contributed by atoms with Crippen molar-refractivity contribution in [1.29, 1.82) is 0 Å². The maximum Gasteiger partial charge on any atom is 0.336 e. The molecular weight excluding hydrogens is 252 g/mol. The van der Waals surface area contributed by atoms with Crippen LogP contribution in [0.4, 0.5) is 5.69 Å². The zero-order chi connectivity index (χ0) is 14.1. The number of nitrogens with two attached hydrogens (primary N) is 1. The number of aromatic nitrogens is 1. The molecule has 0 bridgehead atoms. The zero-order valence-corrected chi connectivity index (χ0v) is 10.8. The van der Waals surface area contributed by atoms with Gasteiger partial charge in [0.2, 0.25) is 0 Å². The highest BCUT2D eigenvalue weighted by Crippen LogP contribution is 2.22. The van der Waals surface area contributed by atoms with Crippen molar-refractivity contribution in [3.8, 4) is 11.3 Å². The van der Waals surface area contributed by atoms with Gasteiger partial charge in [-0.15, -0.1) is 0 Å². The molecule has 0 fully saturated rings. The lowest BCUT2D eigenvalue weighted by Crippen LogP contribution is -2.35. The van der Waals surface area contributed by atoms with Crippen LogP contribution in [0.5, 0.6) is 0 Å². The van der Waals surface area contributed by atoms with Crippen LogP contribution in [-0.4, -0.2) is 16.1 Å². The van der Waals surface area contributed by atoms with Crippen LogP contribution in [0.15, 0.2) is 30.3 Å². The molecule has 3 rings (SSSR count). The number of carboxylic acids is 1. The van der Waals surface area contributed by atoms with Gasteiger partial charge in [0.1, 0.15) is 0 Å². The van der Waals surface area contributed by atoms with Crippen molar-refractivity contribution in [2.45, 2.75) is 12.8 Å². The van der Waals surface area contributed by atoms with Crippen molar-refractivity contribution in [2.24, 2.45) is 0 Å². The van der Waals surface area contributed by atoms with Gasteiger partial charge < -0.3 is 10.8 Å². The Morgan fingerprint density at radius 3 is 2.70 bits per heavy atom. The standard InChI is InChI=1S/C16H14N2O2/c17-13-7-3-1-6-11(13)15-9-12(16(19)20)10-5-2-4-8-14(10)18-15/h1,3,5-9H,2,4,17H2,(H,19,20). The van der Waals surface area contributed by atoms with Gasteiger partial charge in [0.25, 0.3) is 0 Å². The lowest BCUT2D eigenvalue weighted by atomic mass is 10.0. The van der Waals surface area contributed by atoms with Crippen LogP contribution in [-0.2, 0) is 0 Å². The summed E-state index contributed by atoms with van der Waals surface area (Å²) in [6.07, 6.45) is 5.64. The van der Waals surface area contributed by atoms with Crippen molar-refractivity contribution < 1.29 is 9.90 Å². The Labute approximate surface area is 115 Å². The smallest absolute Gasteiger partial charge is 0.336 e. The summed E-state index contributed by atoms with van der Waals surface area (Å²) in [6.45, 7) is 0. The second-order valence-corrected chi connectivity index (χ2v) is 4.73. The number of nitrogens with zero attached hydrogens (tertiary/aromatic N) is 1. The summed E-state index contributed by atoms with van der Waals surface area (Å²) in [5, 5.41) is 10.8. The molecule has 1 aromatic heterocycles. The first-order valence-electron chi connectivity index (χ1n) is 6.46. The minimum absolute atomic E-state index is 0.282. The van der Waals surface area contributed by atoms with Gasteiger partial charge in [0.05, 0.1) is 16.6 Å². The van der Waals surface area contributed by atoms with E-state index in [4.69, 9.17) is 5.73 Å². The number of benzene rings is 1. The third-order valence-electron chi connectivity index (χ3n) is 3.41. The normalized spacial score (nSPS) is 13.0. The van der Waals surface area contributed by atoms with E-state index in [1.807, 2.05) is 30.4 Å². The van der Waals surface area contributed by atoms with Crippen molar-refractivity contribution in [2.75, 3.05) is 5.73 Å². The number of rotatable bonds is 2. The fourth-order valence-electron chi connectivity index (χ4n) is 2.44. The van der Waals surface area contributed by atoms with E-state index >= 15 is 0 Å². The number of fused-ring (bicyclic) bond motifs is 1. The van der Waals surface area contributed by atoms with E-state index in [9.17, 15) is 9.90 Å². The first kappa shape index (κ1) is 12.4. The number of carboxylic acid groups (broad SMARTS) is 1. The van der Waals surface area contributed by atoms with Crippen LogP contribution in [0.2, 0.25) is 0 Å². The molecule has 0 spiro atoms. The lowest BCUT2D eigenvalue weighted by Gasteiger charge is -2.09. The largest absolute Gasteiger partial charge is 0.478 e. The molecule has 0 radical (unpaired) electrons. The summed E-state index contributed by atoms with van der Waals surface area (Å²) in [4.78, 5) is 16.0. The van der Waals surface area contributed by atoms with Crippen LogP contribution in [0.1, 0.15) is 23.2 Å². The summed E-state index contributed by atoms with van der Waals surface area (Å²) in [7, 11) is 0. The number of pyridine rings is 1. The molecule has 1 aliphatic rings. The Morgan fingerprint density at radius 1 is 1.20 bits per heavy atom. The second-order valence-electron chi connectivity index (χ2n) is 4.73. The topological polar surface area (TPSA) is 76.2 Å². The minimum Gasteiger partial charge on any atom is -0.478 e. The molecule has 0 aliphatic heterocycles. The molecule has 1 aromatic carbocycles. The van der Waals surface area contributed by atoms with Gasteiger partial charge in [-0.05, 0) is 25.0 Å². The molecule has 2 aromatic rings. The number of carbonyl (C=O) groups is 1. The fourth-order valence-corrected chi connectivity index (χ4v) is 2.44. The Kier molecular flexibility index (Phi) is 2.99. The Balaban J connectivity index is 2.33. The summed E-state index contributed by atoms with van der Waals surface area (Å²) < 4.78 is 0. The maximum absolute atomic E-state index is 11.4. The van der Waals surface area contributed by atoms with E-state index in [1.165, 1.54) is 0 Å². The van der Waals surface area contributed by atoms with E-state index in [0.717, 1.165) is 23.8 Å². The summed E-state index contributed by atoms with van der Waals surface area (Å²) in [5.41, 5.74) is 8.19. The van der Waals surface area contributed by atoms with Gasteiger partial charge in [-0.2, -0.15) is 0 Å². The van der Waals surface area contributed by atoms with Gasteiger partial charge in [0, 0.05) is 16.5 Å². The van der Waals surface area contributed by atoms with Gasteiger partial charge in [-0.3, -0.25) is 0 Å². The highest BCUT2D eigenvalue weighted by atomic mass is 16.4. The van der Waals surface area contributed by atoms with Crippen molar-refractivity contribution in [3.05, 3.63) is 46.5 Å². The quantitative estimate of drug-likeness (QED) is 0.805. The van der Waals surface area contributed by atoms with Crippen molar-refractivity contribution >= 4 is 23.8 Å². The Hall–Kier alpha value is -2.62. The molecule has 4 heteroatoms. The maximum atomic E-state index is 11.4. The van der Waals surface area contributed by atoms with Gasteiger partial charge in [-0.25, -0.2) is 9.78 Å². The number of hydrogen-bond donors (Lipinski definition) is 2. The summed E-state index contributed by atoms with van der Waals surface area (Å²) in [6, 6.07) is 8.94. The van der Waals surface area contributed by atoms with E-state index in [-0.39, 0.29) is 5.56 Å². The molecule has 4 nitrogen and oxygen atoms in total. The number of anilines is 1. The molecule has 20 heavy (non-hydrogen) atoms. The Morgan fingerprint density at radius 2 is 1.95 bits per heavy atom. The van der Waals surface area contributed by atoms with Crippen molar-refractivity contribution in [3.63, 3.8) is 0 Å². The molecule has 3 N–H and O–H groups in total. The van der Waals surface area contributed by atoms with Crippen LogP contribution in [0, 0.1) is 0 Å². The molecule has 1 heterocycles.